The second kappa shape index (κ2) is 3.88. The van der Waals surface area contributed by atoms with Crippen LogP contribution >= 0.6 is 0 Å². The first-order chi connectivity index (χ1) is 11.2. The smallest absolute Gasteiger partial charge is 0.314 e. The number of ether oxygens (including phenoxy) is 1. The number of hydrogen-bond donors (Lipinski definition) is 2. The number of esters is 1. The maximum Gasteiger partial charge on any atom is 0.314 e. The van der Waals surface area contributed by atoms with Gasteiger partial charge in [-0.3, -0.25) is 4.79 Å². The van der Waals surface area contributed by atoms with E-state index < -0.39 is 17.3 Å². The molecule has 4 heteroatoms. The lowest BCUT2D eigenvalue weighted by Crippen LogP contribution is -2.60. The maximum absolute atomic E-state index is 12.6. The Kier molecular flexibility index (Phi) is 2.41. The summed E-state index contributed by atoms with van der Waals surface area (Å²) >= 11 is 0. The van der Waals surface area contributed by atoms with Crippen LogP contribution in [-0.4, -0.2) is 28.1 Å². The van der Waals surface area contributed by atoms with Crippen LogP contribution in [0.2, 0.25) is 0 Å². The van der Waals surface area contributed by atoms with Crippen molar-refractivity contribution in [3.8, 4) is 0 Å². The van der Waals surface area contributed by atoms with E-state index in [-0.39, 0.29) is 22.7 Å². The third-order valence-corrected chi connectivity index (χ3v) is 7.65. The minimum absolute atomic E-state index is 0.207. The van der Waals surface area contributed by atoms with Gasteiger partial charge in [0.15, 0.2) is 0 Å². The van der Waals surface area contributed by atoms with Gasteiger partial charge in [-0.1, -0.05) is 25.2 Å². The van der Waals surface area contributed by atoms with Crippen molar-refractivity contribution in [3.05, 3.63) is 36.0 Å². The van der Waals surface area contributed by atoms with Crippen molar-refractivity contribution in [2.45, 2.75) is 51.4 Å². The lowest BCUT2D eigenvalue weighted by Gasteiger charge is -2.52. The summed E-state index contributed by atoms with van der Waals surface area (Å²) in [7, 11) is 0. The molecule has 1 aliphatic heterocycles. The van der Waals surface area contributed by atoms with Crippen LogP contribution in [0.4, 0.5) is 0 Å². The fourth-order valence-electron chi connectivity index (χ4n) is 6.30. The molecule has 2 N–H and O–H groups in total. The van der Waals surface area contributed by atoms with Gasteiger partial charge in [-0.15, -0.1) is 6.58 Å². The number of carbonyl (C=O) groups excluding carboxylic acids is 1. The molecule has 1 saturated heterocycles. The Balaban J connectivity index is 1.75. The molecule has 0 radical (unpaired) electrons. The Hall–Kier alpha value is -1.39. The van der Waals surface area contributed by atoms with Gasteiger partial charge >= 0.3 is 5.97 Å². The monoisotopic (exact) mass is 328 g/mol. The molecule has 5 aliphatic rings. The average molecular weight is 328 g/mol. The Morgan fingerprint density at radius 3 is 2.88 bits per heavy atom. The summed E-state index contributed by atoms with van der Waals surface area (Å²) in [6.07, 6.45) is 8.46. The first-order valence-electron chi connectivity index (χ1n) is 8.92. The SMILES string of the molecule is C=C[C@@]1(C)C=C2C(=CC1)[C@]13C[C@H]1CC[C@@]1(C)C(=O)O[C@](O)(C13)[C@H]2O. The third-order valence-electron chi connectivity index (χ3n) is 7.65. The van der Waals surface area contributed by atoms with E-state index >= 15 is 0 Å². The number of hydrogen-bond acceptors (Lipinski definition) is 4. The molecule has 0 bridgehead atoms. The van der Waals surface area contributed by atoms with Crippen LogP contribution in [0.5, 0.6) is 0 Å². The van der Waals surface area contributed by atoms with Gasteiger partial charge in [0.25, 0.3) is 0 Å². The third kappa shape index (κ3) is 1.35. The molecule has 0 aromatic carbocycles. The van der Waals surface area contributed by atoms with Gasteiger partial charge in [0, 0.05) is 10.8 Å². The molecule has 7 atom stereocenters. The maximum atomic E-state index is 12.6. The molecule has 3 saturated carbocycles. The summed E-state index contributed by atoms with van der Waals surface area (Å²) in [5.74, 6) is -2.03. The van der Waals surface area contributed by atoms with E-state index in [1.807, 2.05) is 19.1 Å². The van der Waals surface area contributed by atoms with E-state index in [4.69, 9.17) is 4.74 Å². The van der Waals surface area contributed by atoms with Gasteiger partial charge in [0.2, 0.25) is 5.79 Å². The minimum Gasteiger partial charge on any atom is -0.429 e. The fourth-order valence-corrected chi connectivity index (χ4v) is 6.30. The van der Waals surface area contributed by atoms with Crippen molar-refractivity contribution in [1.82, 2.24) is 0 Å². The van der Waals surface area contributed by atoms with Gasteiger partial charge in [-0.25, -0.2) is 0 Å². The van der Waals surface area contributed by atoms with Crippen molar-refractivity contribution in [1.29, 1.82) is 0 Å². The van der Waals surface area contributed by atoms with Gasteiger partial charge in [-0.05, 0) is 49.7 Å². The highest BCUT2D eigenvalue weighted by Gasteiger charge is 2.82. The Morgan fingerprint density at radius 2 is 2.17 bits per heavy atom. The first kappa shape index (κ1) is 14.9. The molecule has 1 spiro atoms. The zero-order chi connectivity index (χ0) is 17.1. The highest BCUT2D eigenvalue weighted by Crippen LogP contribution is 2.80. The standard InChI is InChI=1S/C20H24O4/c1-4-17(2)7-6-13-12(10-17)14(21)20(23)15-18(3,16(22)24-20)8-5-11-9-19(11,13)15/h4,6,10-11,14-15,21,23H,1,5,7-9H2,2-3H3/t11-,14+,15?,17-,18-,19+,20+/m1/s1. The van der Waals surface area contributed by atoms with Crippen LogP contribution in [0.1, 0.15) is 39.5 Å². The predicted octanol–water partition coefficient (Wildman–Crippen LogP) is 2.48. The Bertz CT molecular complexity index is 751. The summed E-state index contributed by atoms with van der Waals surface area (Å²) in [5, 5.41) is 22.3. The van der Waals surface area contributed by atoms with Gasteiger partial charge in [0.05, 0.1) is 11.3 Å². The number of carbonyl (C=O) groups is 1. The fraction of sp³-hybridized carbons (Fsp3) is 0.650. The molecule has 5 rings (SSSR count). The predicted molar refractivity (Wildman–Crippen MR) is 87.5 cm³/mol. The zero-order valence-corrected chi connectivity index (χ0v) is 14.2. The largest absolute Gasteiger partial charge is 0.429 e. The number of fused-ring (bicyclic) bond motifs is 1. The molecular weight excluding hydrogens is 304 g/mol. The van der Waals surface area contributed by atoms with E-state index in [0.29, 0.717) is 5.92 Å². The first-order valence-corrected chi connectivity index (χ1v) is 8.92. The summed E-state index contributed by atoms with van der Waals surface area (Å²) in [5.41, 5.74) is 0.738. The molecule has 1 heterocycles. The van der Waals surface area contributed by atoms with Crippen molar-refractivity contribution in [3.63, 3.8) is 0 Å². The van der Waals surface area contributed by atoms with Crippen molar-refractivity contribution < 1.29 is 19.7 Å². The molecule has 1 unspecified atom stereocenters. The van der Waals surface area contributed by atoms with E-state index in [1.54, 1.807) is 0 Å². The van der Waals surface area contributed by atoms with Gasteiger partial charge in [-0.2, -0.15) is 0 Å². The van der Waals surface area contributed by atoms with Crippen LogP contribution in [0.3, 0.4) is 0 Å². The summed E-state index contributed by atoms with van der Waals surface area (Å²) < 4.78 is 5.50. The van der Waals surface area contributed by atoms with Crippen LogP contribution in [0.25, 0.3) is 0 Å². The molecule has 24 heavy (non-hydrogen) atoms. The van der Waals surface area contributed by atoms with Crippen LogP contribution in [-0.2, 0) is 9.53 Å². The summed E-state index contributed by atoms with van der Waals surface area (Å²) in [6, 6.07) is 0. The van der Waals surface area contributed by atoms with Crippen molar-refractivity contribution in [2.24, 2.45) is 28.1 Å². The number of aliphatic hydroxyl groups is 2. The average Bonchev–Trinajstić information content (AvgIpc) is 3.22. The van der Waals surface area contributed by atoms with Gasteiger partial charge < -0.3 is 14.9 Å². The Morgan fingerprint density at radius 1 is 1.42 bits per heavy atom. The van der Waals surface area contributed by atoms with Gasteiger partial charge in [0.1, 0.15) is 6.10 Å². The highest BCUT2D eigenvalue weighted by molar-refractivity contribution is 5.82. The van der Waals surface area contributed by atoms with Crippen LogP contribution < -0.4 is 0 Å². The molecule has 128 valence electrons. The van der Waals surface area contributed by atoms with E-state index in [9.17, 15) is 15.0 Å². The molecule has 0 aromatic rings. The summed E-state index contributed by atoms with van der Waals surface area (Å²) in [6.45, 7) is 7.89. The number of rotatable bonds is 1. The normalized spacial score (nSPS) is 57.0. The lowest BCUT2D eigenvalue weighted by atomic mass is 9.52. The molecule has 4 nitrogen and oxygen atoms in total. The zero-order valence-electron chi connectivity index (χ0n) is 14.2. The second-order valence-corrected chi connectivity index (χ2v) is 9.01. The number of aliphatic hydroxyl groups excluding tert-OH is 1. The van der Waals surface area contributed by atoms with E-state index in [0.717, 1.165) is 36.8 Å². The number of allylic oxidation sites excluding steroid dienone is 3. The minimum atomic E-state index is -1.80. The molecule has 4 fully saturated rings. The molecular formula is C20H24O4. The Labute approximate surface area is 141 Å². The van der Waals surface area contributed by atoms with Crippen molar-refractivity contribution in [2.75, 3.05) is 0 Å². The highest BCUT2D eigenvalue weighted by atomic mass is 16.7. The summed E-state index contributed by atoms with van der Waals surface area (Å²) in [4.78, 5) is 12.6. The quantitative estimate of drug-likeness (QED) is 0.573. The second-order valence-electron chi connectivity index (χ2n) is 9.01. The molecule has 0 aromatic heterocycles. The van der Waals surface area contributed by atoms with Crippen molar-refractivity contribution >= 4 is 5.97 Å². The molecule has 0 amide bonds. The van der Waals surface area contributed by atoms with Crippen LogP contribution in [0.15, 0.2) is 36.0 Å². The lowest BCUT2D eigenvalue weighted by molar-refractivity contribution is -0.256. The van der Waals surface area contributed by atoms with E-state index in [1.165, 1.54) is 0 Å². The van der Waals surface area contributed by atoms with Crippen LogP contribution in [0, 0.1) is 28.1 Å². The molecule has 4 aliphatic carbocycles. The van der Waals surface area contributed by atoms with E-state index in [2.05, 4.69) is 19.6 Å². The topological polar surface area (TPSA) is 66.8 Å².